The molecule has 0 radical (unpaired) electrons. The van der Waals surface area contributed by atoms with Gasteiger partial charge in [-0.1, -0.05) is 12.1 Å². The number of amides is 2. The number of urea groups is 1. The minimum Gasteiger partial charge on any atom is -0.379 e. The van der Waals surface area contributed by atoms with Crippen LogP contribution in [0.5, 0.6) is 0 Å². The first-order valence-electron chi connectivity index (χ1n) is 7.53. The van der Waals surface area contributed by atoms with E-state index in [-0.39, 0.29) is 12.1 Å². The van der Waals surface area contributed by atoms with Gasteiger partial charge >= 0.3 is 6.03 Å². The van der Waals surface area contributed by atoms with Crippen LogP contribution in [-0.4, -0.2) is 50.3 Å². The lowest BCUT2D eigenvalue weighted by Crippen LogP contribution is -2.44. The normalized spacial score (nSPS) is 16.5. The molecular weight excluding hydrogens is 280 g/mol. The Morgan fingerprint density at radius 1 is 1.36 bits per heavy atom. The third-order valence-electron chi connectivity index (χ3n) is 3.70. The molecule has 1 aliphatic heterocycles. The van der Waals surface area contributed by atoms with Gasteiger partial charge in [-0.15, -0.1) is 0 Å². The first kappa shape index (κ1) is 16.3. The van der Waals surface area contributed by atoms with Gasteiger partial charge in [-0.05, 0) is 24.6 Å². The maximum absolute atomic E-state index is 11.9. The lowest BCUT2D eigenvalue weighted by Gasteiger charge is -2.26. The molecular formula is C16H22N4O2. The van der Waals surface area contributed by atoms with E-state index in [0.29, 0.717) is 12.1 Å². The Bertz CT molecular complexity index is 518. The highest BCUT2D eigenvalue weighted by Gasteiger charge is 2.12. The zero-order chi connectivity index (χ0) is 15.8. The van der Waals surface area contributed by atoms with Crippen molar-refractivity contribution >= 4 is 6.03 Å². The van der Waals surface area contributed by atoms with Crippen LogP contribution in [-0.2, 0) is 4.74 Å². The third-order valence-corrected chi connectivity index (χ3v) is 3.70. The molecule has 0 aromatic heterocycles. The van der Waals surface area contributed by atoms with Crippen molar-refractivity contribution in [2.45, 2.75) is 13.0 Å². The van der Waals surface area contributed by atoms with Crippen LogP contribution in [0.3, 0.4) is 0 Å². The minimum absolute atomic E-state index is 0.101. The zero-order valence-corrected chi connectivity index (χ0v) is 12.8. The molecule has 2 amide bonds. The van der Waals surface area contributed by atoms with Gasteiger partial charge in [0.05, 0.1) is 30.9 Å². The molecule has 0 spiro atoms. The van der Waals surface area contributed by atoms with Crippen molar-refractivity contribution in [1.29, 1.82) is 5.26 Å². The van der Waals surface area contributed by atoms with E-state index in [4.69, 9.17) is 10.00 Å². The molecule has 22 heavy (non-hydrogen) atoms. The molecule has 1 unspecified atom stereocenters. The van der Waals surface area contributed by atoms with E-state index in [1.807, 2.05) is 19.1 Å². The lowest BCUT2D eigenvalue weighted by atomic mass is 10.1. The second kappa shape index (κ2) is 8.37. The summed E-state index contributed by atoms with van der Waals surface area (Å²) in [5.41, 5.74) is 1.59. The summed E-state index contributed by atoms with van der Waals surface area (Å²) < 4.78 is 5.28. The number of nitrogens with one attached hydrogen (secondary N) is 2. The Hall–Kier alpha value is -2.10. The van der Waals surface area contributed by atoms with E-state index in [0.717, 1.165) is 38.4 Å². The highest BCUT2D eigenvalue weighted by atomic mass is 16.5. The lowest BCUT2D eigenvalue weighted by molar-refractivity contribution is 0.0387. The Labute approximate surface area is 131 Å². The number of nitriles is 1. The summed E-state index contributed by atoms with van der Waals surface area (Å²) in [5.74, 6) is 0. The molecule has 1 atom stereocenters. The predicted molar refractivity (Wildman–Crippen MR) is 83.4 cm³/mol. The molecule has 0 aliphatic carbocycles. The quantitative estimate of drug-likeness (QED) is 0.858. The third kappa shape index (κ3) is 5.02. The standard InChI is InChI=1S/C16H22N4O2/c1-13(15-4-2-14(12-17)3-5-15)19-16(21)18-6-7-20-8-10-22-11-9-20/h2-5,13H,6-11H2,1H3,(H2,18,19,21). The van der Waals surface area contributed by atoms with Crippen LogP contribution in [0.25, 0.3) is 0 Å². The van der Waals surface area contributed by atoms with Crippen molar-refractivity contribution in [3.05, 3.63) is 35.4 Å². The fourth-order valence-corrected chi connectivity index (χ4v) is 2.33. The van der Waals surface area contributed by atoms with Gasteiger partial charge in [0.2, 0.25) is 0 Å². The van der Waals surface area contributed by atoms with Crippen LogP contribution in [0.2, 0.25) is 0 Å². The molecule has 2 rings (SSSR count). The number of morpholine rings is 1. The van der Waals surface area contributed by atoms with Gasteiger partial charge in [0.1, 0.15) is 0 Å². The van der Waals surface area contributed by atoms with Crippen LogP contribution in [0.1, 0.15) is 24.1 Å². The van der Waals surface area contributed by atoms with E-state index in [1.165, 1.54) is 0 Å². The second-order valence-electron chi connectivity index (χ2n) is 5.31. The van der Waals surface area contributed by atoms with Crippen molar-refractivity contribution in [3.63, 3.8) is 0 Å². The molecule has 6 heteroatoms. The average Bonchev–Trinajstić information content (AvgIpc) is 2.56. The molecule has 1 aromatic carbocycles. The Morgan fingerprint density at radius 2 is 2.05 bits per heavy atom. The number of nitrogens with zero attached hydrogens (tertiary/aromatic N) is 2. The molecule has 1 fully saturated rings. The smallest absolute Gasteiger partial charge is 0.315 e. The maximum Gasteiger partial charge on any atom is 0.315 e. The number of ether oxygens (including phenoxy) is 1. The van der Waals surface area contributed by atoms with Crippen molar-refractivity contribution in [3.8, 4) is 6.07 Å². The summed E-state index contributed by atoms with van der Waals surface area (Å²) in [4.78, 5) is 14.1. The minimum atomic E-state index is -0.176. The van der Waals surface area contributed by atoms with E-state index in [9.17, 15) is 4.79 Å². The summed E-state index contributed by atoms with van der Waals surface area (Å²) in [6.45, 7) is 6.75. The van der Waals surface area contributed by atoms with Gasteiger partial charge in [-0.2, -0.15) is 5.26 Å². The van der Waals surface area contributed by atoms with Gasteiger partial charge in [0.25, 0.3) is 0 Å². The molecule has 0 saturated carbocycles. The summed E-state index contributed by atoms with van der Waals surface area (Å²) >= 11 is 0. The monoisotopic (exact) mass is 302 g/mol. The van der Waals surface area contributed by atoms with E-state index >= 15 is 0 Å². The molecule has 1 saturated heterocycles. The van der Waals surface area contributed by atoms with Crippen LogP contribution >= 0.6 is 0 Å². The number of carbonyl (C=O) groups excluding carboxylic acids is 1. The molecule has 1 aromatic rings. The van der Waals surface area contributed by atoms with Crippen LogP contribution in [0.15, 0.2) is 24.3 Å². The fourth-order valence-electron chi connectivity index (χ4n) is 2.33. The number of hydrogen-bond acceptors (Lipinski definition) is 4. The Morgan fingerprint density at radius 3 is 2.68 bits per heavy atom. The van der Waals surface area contributed by atoms with Crippen LogP contribution < -0.4 is 10.6 Å². The predicted octanol–water partition coefficient (Wildman–Crippen LogP) is 1.25. The van der Waals surface area contributed by atoms with E-state index in [2.05, 4.69) is 21.6 Å². The first-order chi connectivity index (χ1) is 10.7. The molecule has 1 heterocycles. The highest BCUT2D eigenvalue weighted by molar-refractivity contribution is 5.74. The Kier molecular flexibility index (Phi) is 6.19. The molecule has 6 nitrogen and oxygen atoms in total. The van der Waals surface area contributed by atoms with Gasteiger partial charge in [-0.25, -0.2) is 4.79 Å². The maximum atomic E-state index is 11.9. The largest absolute Gasteiger partial charge is 0.379 e. The van der Waals surface area contributed by atoms with Gasteiger partial charge < -0.3 is 15.4 Å². The number of rotatable bonds is 5. The Balaban J connectivity index is 1.70. The average molecular weight is 302 g/mol. The highest BCUT2D eigenvalue weighted by Crippen LogP contribution is 2.12. The number of hydrogen-bond donors (Lipinski definition) is 2. The molecule has 2 N–H and O–H groups in total. The summed E-state index contributed by atoms with van der Waals surface area (Å²) in [5, 5.41) is 14.5. The number of benzene rings is 1. The second-order valence-corrected chi connectivity index (χ2v) is 5.31. The summed E-state index contributed by atoms with van der Waals surface area (Å²) in [6, 6.07) is 9.03. The van der Waals surface area contributed by atoms with Crippen LogP contribution in [0, 0.1) is 11.3 Å². The van der Waals surface area contributed by atoms with E-state index in [1.54, 1.807) is 12.1 Å². The molecule has 118 valence electrons. The summed E-state index contributed by atoms with van der Waals surface area (Å²) in [6.07, 6.45) is 0. The van der Waals surface area contributed by atoms with Crippen molar-refractivity contribution in [2.75, 3.05) is 39.4 Å². The number of carbonyl (C=O) groups is 1. The SMILES string of the molecule is CC(NC(=O)NCCN1CCOCC1)c1ccc(C#N)cc1. The molecule has 1 aliphatic rings. The topological polar surface area (TPSA) is 77.4 Å². The van der Waals surface area contributed by atoms with Crippen molar-refractivity contribution < 1.29 is 9.53 Å². The van der Waals surface area contributed by atoms with Gasteiger partial charge in [0.15, 0.2) is 0 Å². The zero-order valence-electron chi connectivity index (χ0n) is 12.8. The fraction of sp³-hybridized carbons (Fsp3) is 0.500. The molecule has 0 bridgehead atoms. The summed E-state index contributed by atoms with van der Waals surface area (Å²) in [7, 11) is 0. The van der Waals surface area contributed by atoms with E-state index < -0.39 is 0 Å². The van der Waals surface area contributed by atoms with Crippen LogP contribution in [0.4, 0.5) is 4.79 Å². The van der Waals surface area contributed by atoms with Crippen molar-refractivity contribution in [2.24, 2.45) is 0 Å². The first-order valence-corrected chi connectivity index (χ1v) is 7.53. The van der Waals surface area contributed by atoms with Crippen molar-refractivity contribution in [1.82, 2.24) is 15.5 Å². The van der Waals surface area contributed by atoms with Gasteiger partial charge in [-0.3, -0.25) is 4.90 Å². The van der Waals surface area contributed by atoms with Gasteiger partial charge in [0, 0.05) is 26.2 Å².